The molecule has 0 aliphatic carbocycles. The van der Waals surface area contributed by atoms with E-state index in [1.54, 1.807) is 0 Å². The molecule has 0 bridgehead atoms. The van der Waals surface area contributed by atoms with Crippen LogP contribution in [0.2, 0.25) is 0 Å². The molecule has 0 aliphatic heterocycles. The highest BCUT2D eigenvalue weighted by molar-refractivity contribution is 5.66. The largest absolute Gasteiger partial charge is 0.481 e. The van der Waals surface area contributed by atoms with Crippen molar-refractivity contribution in [3.05, 3.63) is 0 Å². The van der Waals surface area contributed by atoms with Crippen molar-refractivity contribution in [3.63, 3.8) is 0 Å². The SMILES string of the molecule is CC(C)C(O)C(N)CCC(=O)O. The average molecular weight is 175 g/mol. The first-order valence-electron chi connectivity index (χ1n) is 4.10. The van der Waals surface area contributed by atoms with Crippen LogP contribution in [-0.4, -0.2) is 28.3 Å². The second-order valence-electron chi connectivity index (χ2n) is 3.33. The third-order valence-corrected chi connectivity index (χ3v) is 1.81. The minimum Gasteiger partial charge on any atom is -0.481 e. The van der Waals surface area contributed by atoms with Crippen molar-refractivity contribution in [2.45, 2.75) is 38.8 Å². The van der Waals surface area contributed by atoms with E-state index < -0.39 is 18.1 Å². The molecule has 12 heavy (non-hydrogen) atoms. The zero-order valence-corrected chi connectivity index (χ0v) is 7.53. The van der Waals surface area contributed by atoms with Gasteiger partial charge in [0.1, 0.15) is 0 Å². The van der Waals surface area contributed by atoms with Gasteiger partial charge in [0.05, 0.1) is 6.10 Å². The van der Waals surface area contributed by atoms with Crippen LogP contribution >= 0.6 is 0 Å². The van der Waals surface area contributed by atoms with Crippen molar-refractivity contribution >= 4 is 5.97 Å². The van der Waals surface area contributed by atoms with Crippen molar-refractivity contribution in [2.24, 2.45) is 11.7 Å². The Morgan fingerprint density at radius 1 is 1.50 bits per heavy atom. The molecule has 0 rings (SSSR count). The van der Waals surface area contributed by atoms with Crippen LogP contribution in [0, 0.1) is 5.92 Å². The number of aliphatic hydroxyl groups is 1. The summed E-state index contributed by atoms with van der Waals surface area (Å²) in [5.74, 6) is -0.796. The molecular formula is C8H17NO3. The highest BCUT2D eigenvalue weighted by Crippen LogP contribution is 2.08. The predicted octanol–water partition coefficient (Wildman–Crippen LogP) is 0.195. The van der Waals surface area contributed by atoms with E-state index in [0.717, 1.165) is 0 Å². The number of carbonyl (C=O) groups is 1. The molecule has 2 unspecified atom stereocenters. The summed E-state index contributed by atoms with van der Waals surface area (Å²) in [6, 6.07) is -0.430. The molecule has 0 amide bonds. The Bertz CT molecular complexity index is 147. The molecule has 2 atom stereocenters. The van der Waals surface area contributed by atoms with E-state index in [1.807, 2.05) is 13.8 Å². The second-order valence-corrected chi connectivity index (χ2v) is 3.33. The number of carboxylic acid groups (broad SMARTS) is 1. The maximum atomic E-state index is 10.2. The maximum Gasteiger partial charge on any atom is 0.303 e. The van der Waals surface area contributed by atoms with Crippen LogP contribution in [-0.2, 0) is 4.79 Å². The van der Waals surface area contributed by atoms with Crippen LogP contribution in [0.25, 0.3) is 0 Å². The van der Waals surface area contributed by atoms with Crippen LogP contribution in [0.5, 0.6) is 0 Å². The number of aliphatic carboxylic acids is 1. The quantitative estimate of drug-likeness (QED) is 0.557. The minimum atomic E-state index is -0.874. The summed E-state index contributed by atoms with van der Waals surface area (Å²) in [6.07, 6.45) is -0.260. The summed E-state index contributed by atoms with van der Waals surface area (Å²) < 4.78 is 0. The lowest BCUT2D eigenvalue weighted by atomic mass is 9.97. The van der Waals surface area contributed by atoms with Crippen molar-refractivity contribution in [1.29, 1.82) is 0 Å². The van der Waals surface area contributed by atoms with Crippen molar-refractivity contribution in [2.75, 3.05) is 0 Å². The van der Waals surface area contributed by atoms with Gasteiger partial charge < -0.3 is 15.9 Å². The molecule has 0 aromatic carbocycles. The smallest absolute Gasteiger partial charge is 0.303 e. The minimum absolute atomic E-state index is 0.0188. The number of nitrogens with two attached hydrogens (primary N) is 1. The molecular weight excluding hydrogens is 158 g/mol. The van der Waals surface area contributed by atoms with Gasteiger partial charge in [0.15, 0.2) is 0 Å². The standard InChI is InChI=1S/C8H17NO3/c1-5(2)8(12)6(9)3-4-7(10)11/h5-6,8,12H,3-4,9H2,1-2H3,(H,10,11). The predicted molar refractivity (Wildman–Crippen MR) is 45.7 cm³/mol. The molecule has 0 saturated heterocycles. The van der Waals surface area contributed by atoms with E-state index in [4.69, 9.17) is 10.8 Å². The van der Waals surface area contributed by atoms with Gasteiger partial charge in [0.25, 0.3) is 0 Å². The van der Waals surface area contributed by atoms with E-state index in [2.05, 4.69) is 0 Å². The monoisotopic (exact) mass is 175 g/mol. The number of hydrogen-bond acceptors (Lipinski definition) is 3. The number of rotatable bonds is 5. The number of hydrogen-bond donors (Lipinski definition) is 3. The lowest BCUT2D eigenvalue weighted by Crippen LogP contribution is -2.38. The third kappa shape index (κ3) is 4.31. The summed E-state index contributed by atoms with van der Waals surface area (Å²) in [4.78, 5) is 10.2. The first-order valence-corrected chi connectivity index (χ1v) is 4.10. The number of carboxylic acids is 1. The molecule has 0 heterocycles. The molecule has 0 saturated carbocycles. The van der Waals surface area contributed by atoms with E-state index in [9.17, 15) is 9.90 Å². The van der Waals surface area contributed by atoms with Gasteiger partial charge in [-0.25, -0.2) is 0 Å². The molecule has 0 radical (unpaired) electrons. The highest BCUT2D eigenvalue weighted by Gasteiger charge is 2.18. The maximum absolute atomic E-state index is 10.2. The van der Waals surface area contributed by atoms with Crippen molar-refractivity contribution in [3.8, 4) is 0 Å². The summed E-state index contributed by atoms with van der Waals surface area (Å²) in [7, 11) is 0. The molecule has 0 aliphatic rings. The van der Waals surface area contributed by atoms with Gasteiger partial charge in [-0.15, -0.1) is 0 Å². The molecule has 0 aromatic rings. The Morgan fingerprint density at radius 2 is 2.00 bits per heavy atom. The van der Waals surface area contributed by atoms with Gasteiger partial charge in [-0.05, 0) is 12.3 Å². The summed E-state index contributed by atoms with van der Waals surface area (Å²) >= 11 is 0. The normalized spacial score (nSPS) is 16.1. The first-order chi connectivity index (χ1) is 5.45. The second kappa shape index (κ2) is 5.11. The topological polar surface area (TPSA) is 83.5 Å². The molecule has 4 nitrogen and oxygen atoms in total. The van der Waals surface area contributed by atoms with Gasteiger partial charge in [0, 0.05) is 12.5 Å². The Kier molecular flexibility index (Phi) is 4.85. The number of aliphatic hydroxyl groups excluding tert-OH is 1. The lowest BCUT2D eigenvalue weighted by Gasteiger charge is -2.21. The Morgan fingerprint density at radius 3 is 2.33 bits per heavy atom. The average Bonchev–Trinajstić information content (AvgIpc) is 1.98. The van der Waals surface area contributed by atoms with Crippen LogP contribution < -0.4 is 5.73 Å². The Hall–Kier alpha value is -0.610. The van der Waals surface area contributed by atoms with Crippen molar-refractivity contribution < 1.29 is 15.0 Å². The van der Waals surface area contributed by atoms with Gasteiger partial charge in [-0.2, -0.15) is 0 Å². The van der Waals surface area contributed by atoms with E-state index in [1.165, 1.54) is 0 Å². The Balaban J connectivity index is 3.71. The van der Waals surface area contributed by atoms with E-state index in [-0.39, 0.29) is 12.3 Å². The van der Waals surface area contributed by atoms with E-state index >= 15 is 0 Å². The van der Waals surface area contributed by atoms with Crippen LogP contribution in [0.15, 0.2) is 0 Å². The summed E-state index contributed by atoms with van der Waals surface area (Å²) in [5, 5.41) is 17.7. The first kappa shape index (κ1) is 11.4. The molecule has 0 fully saturated rings. The Labute approximate surface area is 72.4 Å². The van der Waals surface area contributed by atoms with Crippen LogP contribution in [0.4, 0.5) is 0 Å². The molecule has 4 heteroatoms. The fourth-order valence-electron chi connectivity index (χ4n) is 0.955. The van der Waals surface area contributed by atoms with Gasteiger partial charge in [0.2, 0.25) is 0 Å². The third-order valence-electron chi connectivity index (χ3n) is 1.81. The van der Waals surface area contributed by atoms with Gasteiger partial charge in [-0.1, -0.05) is 13.8 Å². The van der Waals surface area contributed by atoms with Gasteiger partial charge >= 0.3 is 5.97 Å². The van der Waals surface area contributed by atoms with Crippen LogP contribution in [0.3, 0.4) is 0 Å². The molecule has 4 N–H and O–H groups in total. The molecule has 0 spiro atoms. The zero-order valence-electron chi connectivity index (χ0n) is 7.53. The lowest BCUT2D eigenvalue weighted by molar-refractivity contribution is -0.137. The van der Waals surface area contributed by atoms with Crippen LogP contribution in [0.1, 0.15) is 26.7 Å². The molecule has 72 valence electrons. The summed E-state index contributed by atoms with van der Waals surface area (Å²) in [5.41, 5.74) is 5.55. The van der Waals surface area contributed by atoms with Gasteiger partial charge in [-0.3, -0.25) is 4.79 Å². The highest BCUT2D eigenvalue weighted by atomic mass is 16.4. The fourth-order valence-corrected chi connectivity index (χ4v) is 0.955. The van der Waals surface area contributed by atoms with E-state index in [0.29, 0.717) is 6.42 Å². The zero-order chi connectivity index (χ0) is 9.72. The fraction of sp³-hybridized carbons (Fsp3) is 0.875. The van der Waals surface area contributed by atoms with Crippen molar-refractivity contribution in [1.82, 2.24) is 0 Å². The summed E-state index contributed by atoms with van der Waals surface area (Å²) in [6.45, 7) is 3.70. The molecule has 0 aromatic heterocycles.